The zero-order valence-electron chi connectivity index (χ0n) is 17.3. The molecule has 31 heavy (non-hydrogen) atoms. The number of benzene rings is 1. The van der Waals surface area contributed by atoms with Crippen molar-refractivity contribution in [3.8, 4) is 0 Å². The smallest absolute Gasteiger partial charge is 0.262 e. The molecule has 4 heterocycles. The Bertz CT molecular complexity index is 933. The second-order valence-corrected chi connectivity index (χ2v) is 8.91. The third kappa shape index (κ3) is 3.72. The van der Waals surface area contributed by atoms with Gasteiger partial charge < -0.3 is 10.2 Å². The molecule has 1 unspecified atom stereocenters. The predicted molar refractivity (Wildman–Crippen MR) is 116 cm³/mol. The maximum absolute atomic E-state index is 13.0. The van der Waals surface area contributed by atoms with E-state index < -0.39 is 23.8 Å². The van der Waals surface area contributed by atoms with Gasteiger partial charge in [0, 0.05) is 25.2 Å². The third-order valence-corrected chi connectivity index (χ3v) is 7.28. The van der Waals surface area contributed by atoms with Crippen LogP contribution in [0, 0.1) is 5.41 Å². The summed E-state index contributed by atoms with van der Waals surface area (Å²) in [6.45, 7) is 4.06. The minimum Gasteiger partial charge on any atom is -0.371 e. The molecule has 4 amide bonds. The van der Waals surface area contributed by atoms with Crippen LogP contribution in [0.4, 0.5) is 5.69 Å². The van der Waals surface area contributed by atoms with E-state index >= 15 is 0 Å². The van der Waals surface area contributed by atoms with Crippen molar-refractivity contribution in [2.45, 2.75) is 44.6 Å². The molecule has 8 nitrogen and oxygen atoms in total. The summed E-state index contributed by atoms with van der Waals surface area (Å²) in [7, 11) is 0. The Morgan fingerprint density at radius 1 is 0.903 bits per heavy atom. The van der Waals surface area contributed by atoms with Gasteiger partial charge in [-0.25, -0.2) is 0 Å². The minimum atomic E-state index is -0.923. The molecule has 1 aromatic carbocycles. The van der Waals surface area contributed by atoms with Gasteiger partial charge in [0.1, 0.15) is 6.04 Å². The number of rotatable bonds is 2. The van der Waals surface area contributed by atoms with Crippen LogP contribution in [-0.4, -0.2) is 60.7 Å². The van der Waals surface area contributed by atoms with Gasteiger partial charge in [-0.1, -0.05) is 0 Å². The van der Waals surface area contributed by atoms with E-state index in [-0.39, 0.29) is 31.2 Å². The molecular formula is C22H27ClN4O4. The van der Waals surface area contributed by atoms with E-state index in [1.165, 1.54) is 12.8 Å². The Morgan fingerprint density at radius 3 is 2.26 bits per heavy atom. The van der Waals surface area contributed by atoms with E-state index in [0.717, 1.165) is 49.6 Å². The third-order valence-electron chi connectivity index (χ3n) is 7.28. The van der Waals surface area contributed by atoms with Crippen LogP contribution in [0.2, 0.25) is 0 Å². The molecule has 5 rings (SSSR count). The summed E-state index contributed by atoms with van der Waals surface area (Å²) in [5.41, 5.74) is 2.07. The number of carbonyl (C=O) groups excluding carboxylic acids is 4. The number of imide groups is 2. The Kier molecular flexibility index (Phi) is 5.79. The first-order valence-corrected chi connectivity index (χ1v) is 10.8. The van der Waals surface area contributed by atoms with Gasteiger partial charge in [0.05, 0.1) is 11.1 Å². The number of hydrogen-bond donors (Lipinski definition) is 2. The van der Waals surface area contributed by atoms with Crippen molar-refractivity contribution < 1.29 is 19.2 Å². The van der Waals surface area contributed by atoms with Crippen LogP contribution in [0.1, 0.15) is 59.2 Å². The van der Waals surface area contributed by atoms with E-state index in [9.17, 15) is 19.2 Å². The lowest BCUT2D eigenvalue weighted by Gasteiger charge is -2.45. The first kappa shape index (κ1) is 21.8. The van der Waals surface area contributed by atoms with Gasteiger partial charge in [0.25, 0.3) is 11.8 Å². The average molecular weight is 447 g/mol. The summed E-state index contributed by atoms with van der Waals surface area (Å²) in [5.74, 6) is -1.85. The van der Waals surface area contributed by atoms with E-state index in [1.807, 2.05) is 6.07 Å². The molecule has 1 aromatic rings. The van der Waals surface area contributed by atoms with Crippen LogP contribution >= 0.6 is 12.4 Å². The van der Waals surface area contributed by atoms with E-state index in [1.54, 1.807) is 12.1 Å². The van der Waals surface area contributed by atoms with Gasteiger partial charge in [-0.3, -0.25) is 29.4 Å². The number of fused-ring (bicyclic) bond motifs is 1. The molecular weight excluding hydrogens is 420 g/mol. The highest BCUT2D eigenvalue weighted by atomic mass is 35.5. The molecule has 4 aliphatic heterocycles. The molecule has 3 fully saturated rings. The first-order chi connectivity index (χ1) is 14.5. The van der Waals surface area contributed by atoms with Crippen LogP contribution in [0.3, 0.4) is 0 Å². The first-order valence-electron chi connectivity index (χ1n) is 10.8. The maximum Gasteiger partial charge on any atom is 0.262 e. The number of amides is 4. The summed E-state index contributed by atoms with van der Waals surface area (Å²) in [6, 6.07) is 4.47. The van der Waals surface area contributed by atoms with Gasteiger partial charge in [0.2, 0.25) is 11.8 Å². The molecule has 0 aliphatic carbocycles. The average Bonchev–Trinajstić information content (AvgIpc) is 2.99. The fourth-order valence-corrected chi connectivity index (χ4v) is 5.35. The van der Waals surface area contributed by atoms with Crippen molar-refractivity contribution in [2.24, 2.45) is 5.41 Å². The Balaban J connectivity index is 0.00000231. The summed E-state index contributed by atoms with van der Waals surface area (Å²) in [4.78, 5) is 52.8. The lowest BCUT2D eigenvalue weighted by molar-refractivity contribution is -0.136. The summed E-state index contributed by atoms with van der Waals surface area (Å²) < 4.78 is 0. The molecule has 166 valence electrons. The van der Waals surface area contributed by atoms with Crippen LogP contribution < -0.4 is 15.5 Å². The number of nitrogens with one attached hydrogen (secondary N) is 2. The molecule has 0 bridgehead atoms. The van der Waals surface area contributed by atoms with Crippen molar-refractivity contribution in [3.63, 3.8) is 0 Å². The molecule has 1 atom stereocenters. The van der Waals surface area contributed by atoms with Gasteiger partial charge in [-0.2, -0.15) is 0 Å². The highest BCUT2D eigenvalue weighted by Crippen LogP contribution is 2.41. The molecule has 4 aliphatic rings. The Morgan fingerprint density at radius 2 is 1.58 bits per heavy atom. The zero-order chi connectivity index (χ0) is 20.9. The number of halogens is 1. The van der Waals surface area contributed by atoms with Crippen LogP contribution in [-0.2, 0) is 9.59 Å². The topological polar surface area (TPSA) is 98.8 Å². The highest BCUT2D eigenvalue weighted by Gasteiger charge is 2.45. The van der Waals surface area contributed by atoms with Crippen LogP contribution in [0.15, 0.2) is 18.2 Å². The fourth-order valence-electron chi connectivity index (χ4n) is 5.35. The lowest BCUT2D eigenvalue weighted by Crippen LogP contribution is -2.54. The molecule has 0 aromatic heterocycles. The SMILES string of the molecule is Cl.O=C1CCC(N2C(=O)c3ccc(N4CCC5(CCNCC5)CC4)cc3C2=O)C(=O)N1. The van der Waals surface area contributed by atoms with Crippen molar-refractivity contribution in [3.05, 3.63) is 29.3 Å². The quantitative estimate of drug-likeness (QED) is 0.668. The standard InChI is InChI=1S/C22H26N4O4.ClH/c27-18-4-3-17(19(28)24-18)26-20(29)15-2-1-14(13-16(15)21(26)30)25-11-7-22(8-12-25)5-9-23-10-6-22;/h1-2,13,17,23H,3-12H2,(H,24,27,28);1H. The fraction of sp³-hybridized carbons (Fsp3) is 0.545. The van der Waals surface area contributed by atoms with Crippen LogP contribution in [0.25, 0.3) is 0 Å². The molecule has 0 radical (unpaired) electrons. The second-order valence-electron chi connectivity index (χ2n) is 8.91. The van der Waals surface area contributed by atoms with Gasteiger partial charge in [-0.05, 0) is 68.8 Å². The minimum absolute atomic E-state index is 0. The molecule has 9 heteroatoms. The van der Waals surface area contributed by atoms with Crippen molar-refractivity contribution >= 4 is 41.7 Å². The molecule has 2 N–H and O–H groups in total. The molecule has 3 saturated heterocycles. The van der Waals surface area contributed by atoms with Gasteiger partial charge >= 0.3 is 0 Å². The van der Waals surface area contributed by atoms with Crippen molar-refractivity contribution in [1.29, 1.82) is 0 Å². The van der Waals surface area contributed by atoms with E-state index in [0.29, 0.717) is 16.5 Å². The zero-order valence-corrected chi connectivity index (χ0v) is 18.1. The summed E-state index contributed by atoms with van der Waals surface area (Å²) in [5, 5.41) is 5.67. The van der Waals surface area contributed by atoms with E-state index in [4.69, 9.17) is 0 Å². The lowest BCUT2D eigenvalue weighted by atomic mass is 9.71. The van der Waals surface area contributed by atoms with Crippen molar-refractivity contribution in [1.82, 2.24) is 15.5 Å². The number of hydrogen-bond acceptors (Lipinski definition) is 6. The summed E-state index contributed by atoms with van der Waals surface area (Å²) in [6.07, 6.45) is 5.02. The van der Waals surface area contributed by atoms with Crippen molar-refractivity contribution in [2.75, 3.05) is 31.1 Å². The summed E-state index contributed by atoms with van der Waals surface area (Å²) >= 11 is 0. The molecule has 0 saturated carbocycles. The second kappa shape index (κ2) is 8.24. The number of nitrogens with zero attached hydrogens (tertiary/aromatic N) is 2. The Hall–Kier alpha value is -2.45. The Labute approximate surface area is 187 Å². The largest absolute Gasteiger partial charge is 0.371 e. The van der Waals surface area contributed by atoms with Gasteiger partial charge in [0.15, 0.2) is 0 Å². The highest BCUT2D eigenvalue weighted by molar-refractivity contribution is 6.23. The number of piperidine rings is 3. The monoisotopic (exact) mass is 446 g/mol. The van der Waals surface area contributed by atoms with Gasteiger partial charge in [-0.15, -0.1) is 12.4 Å². The number of anilines is 1. The predicted octanol–water partition coefficient (Wildman–Crippen LogP) is 1.48. The molecule has 1 spiro atoms. The van der Waals surface area contributed by atoms with E-state index in [2.05, 4.69) is 15.5 Å². The normalized spacial score (nSPS) is 25.4. The van der Waals surface area contributed by atoms with Crippen LogP contribution in [0.5, 0.6) is 0 Å². The number of carbonyl (C=O) groups is 4. The maximum atomic E-state index is 13.0.